The van der Waals surface area contributed by atoms with Crippen molar-refractivity contribution in [3.63, 3.8) is 0 Å². The summed E-state index contributed by atoms with van der Waals surface area (Å²) in [5.41, 5.74) is 1.31. The molecule has 3 aliphatic rings. The van der Waals surface area contributed by atoms with E-state index in [9.17, 15) is 19.1 Å². The number of aromatic nitrogens is 1. The van der Waals surface area contributed by atoms with E-state index in [0.717, 1.165) is 29.7 Å². The highest BCUT2D eigenvalue weighted by molar-refractivity contribution is 7.15. The Morgan fingerprint density at radius 1 is 1.38 bits per heavy atom. The van der Waals surface area contributed by atoms with Crippen LogP contribution in [0.1, 0.15) is 67.4 Å². The molecular formula is C25H29FN2O3S. The topological polar surface area (TPSA) is 79.3 Å². The van der Waals surface area contributed by atoms with E-state index in [4.69, 9.17) is 0 Å². The lowest BCUT2D eigenvalue weighted by Crippen LogP contribution is -2.44. The molecule has 1 aromatic carbocycles. The molecule has 1 heterocycles. The van der Waals surface area contributed by atoms with Gasteiger partial charge in [0.2, 0.25) is 5.91 Å². The lowest BCUT2D eigenvalue weighted by atomic mass is 9.54. The van der Waals surface area contributed by atoms with Crippen molar-refractivity contribution in [1.82, 2.24) is 4.98 Å². The number of nitrogens with zero attached hydrogens (tertiary/aromatic N) is 1. The Morgan fingerprint density at radius 2 is 2.19 bits per heavy atom. The fraction of sp³-hybridized carbons (Fsp3) is 0.560. The number of fused-ring (bicyclic) bond motifs is 5. The van der Waals surface area contributed by atoms with Gasteiger partial charge in [0.15, 0.2) is 16.7 Å². The molecule has 0 bridgehead atoms. The van der Waals surface area contributed by atoms with E-state index in [-0.39, 0.29) is 34.8 Å². The molecule has 3 unspecified atom stereocenters. The number of amides is 1. The van der Waals surface area contributed by atoms with Crippen LogP contribution in [0.2, 0.25) is 0 Å². The molecule has 0 saturated heterocycles. The summed E-state index contributed by atoms with van der Waals surface area (Å²) in [5, 5.41) is 13.3. The van der Waals surface area contributed by atoms with Crippen LogP contribution in [0, 0.1) is 35.9 Å². The van der Waals surface area contributed by atoms with Crippen LogP contribution in [0.25, 0.3) is 0 Å². The Balaban J connectivity index is 1.35. The average Bonchev–Trinajstić information content (AvgIpc) is 3.28. The van der Waals surface area contributed by atoms with Gasteiger partial charge in [-0.25, -0.2) is 9.37 Å². The number of halogens is 1. The van der Waals surface area contributed by atoms with Gasteiger partial charge in [0.25, 0.3) is 0 Å². The maximum atomic E-state index is 14.6. The minimum atomic E-state index is -0.484. The number of aromatic hydroxyl groups is 1. The zero-order valence-electron chi connectivity index (χ0n) is 18.5. The van der Waals surface area contributed by atoms with Crippen molar-refractivity contribution in [2.75, 3.05) is 5.32 Å². The molecule has 7 heteroatoms. The highest BCUT2D eigenvalue weighted by Gasteiger charge is 2.58. The van der Waals surface area contributed by atoms with E-state index >= 15 is 0 Å². The van der Waals surface area contributed by atoms with Crippen LogP contribution in [0.4, 0.5) is 9.52 Å². The van der Waals surface area contributed by atoms with Crippen molar-refractivity contribution in [3.8, 4) is 5.75 Å². The molecule has 5 nitrogen and oxygen atoms in total. The van der Waals surface area contributed by atoms with Crippen LogP contribution < -0.4 is 5.32 Å². The maximum absolute atomic E-state index is 14.6. The number of hydrogen-bond acceptors (Lipinski definition) is 5. The normalized spacial score (nSPS) is 31.0. The summed E-state index contributed by atoms with van der Waals surface area (Å²) >= 11 is 1.46. The monoisotopic (exact) mass is 456 g/mol. The van der Waals surface area contributed by atoms with E-state index in [0.29, 0.717) is 48.1 Å². The van der Waals surface area contributed by atoms with E-state index in [1.54, 1.807) is 6.20 Å². The molecule has 2 N–H and O–H groups in total. The fourth-order valence-electron chi connectivity index (χ4n) is 6.85. The zero-order valence-corrected chi connectivity index (χ0v) is 19.3. The second-order valence-electron chi connectivity index (χ2n) is 10.0. The van der Waals surface area contributed by atoms with Crippen LogP contribution in [0.15, 0.2) is 18.3 Å². The molecular weight excluding hydrogens is 427 g/mol. The van der Waals surface area contributed by atoms with Crippen molar-refractivity contribution >= 4 is 28.2 Å². The van der Waals surface area contributed by atoms with Gasteiger partial charge in [-0.3, -0.25) is 9.59 Å². The van der Waals surface area contributed by atoms with Gasteiger partial charge in [-0.2, -0.15) is 0 Å². The largest absolute Gasteiger partial charge is 0.505 e. The van der Waals surface area contributed by atoms with Crippen LogP contribution >= 0.6 is 11.3 Å². The summed E-state index contributed by atoms with van der Waals surface area (Å²) in [7, 11) is 0. The van der Waals surface area contributed by atoms with Gasteiger partial charge in [-0.15, -0.1) is 11.3 Å². The molecule has 5 rings (SSSR count). The Morgan fingerprint density at radius 3 is 2.94 bits per heavy atom. The first-order valence-electron chi connectivity index (χ1n) is 11.5. The molecule has 1 amide bonds. The molecule has 2 saturated carbocycles. The first kappa shape index (κ1) is 21.6. The lowest BCUT2D eigenvalue weighted by molar-refractivity contribution is -0.129. The number of hydrogen-bond donors (Lipinski definition) is 2. The number of phenols is 1. The summed E-state index contributed by atoms with van der Waals surface area (Å²) in [6, 6.07) is 3.34. The smallest absolute Gasteiger partial charge is 0.226 e. The maximum Gasteiger partial charge on any atom is 0.226 e. The summed E-state index contributed by atoms with van der Waals surface area (Å²) in [5.74, 6) is 0.421. The van der Waals surface area contributed by atoms with Gasteiger partial charge >= 0.3 is 0 Å². The summed E-state index contributed by atoms with van der Waals surface area (Å²) in [6.07, 6.45) is 6.43. The Labute approximate surface area is 191 Å². The second kappa shape index (κ2) is 7.94. The Bertz CT molecular complexity index is 1080. The van der Waals surface area contributed by atoms with Crippen LogP contribution in [-0.2, 0) is 16.0 Å². The van der Waals surface area contributed by atoms with E-state index in [2.05, 4.69) is 17.2 Å². The molecule has 2 aromatic rings. The molecule has 3 aliphatic carbocycles. The fourth-order valence-corrected chi connectivity index (χ4v) is 7.53. The van der Waals surface area contributed by atoms with Crippen molar-refractivity contribution in [2.24, 2.45) is 23.2 Å². The molecule has 0 spiro atoms. The molecule has 32 heavy (non-hydrogen) atoms. The van der Waals surface area contributed by atoms with E-state index in [1.165, 1.54) is 17.4 Å². The number of aryl methyl sites for hydroxylation is 1. The number of phenolic OH excluding ortho intramolecular Hbond substituents is 1. The van der Waals surface area contributed by atoms with Crippen molar-refractivity contribution in [1.29, 1.82) is 0 Å². The van der Waals surface area contributed by atoms with Gasteiger partial charge in [-0.1, -0.05) is 13.0 Å². The first-order chi connectivity index (χ1) is 15.3. The SMILES string of the molecule is Cc1cnc(NC(=O)CC[C@@H]2CC(=O)[C@@]3(C)CCC4c5ccc(O)c(F)c5CCC4C23)s1. The third kappa shape index (κ3) is 3.45. The van der Waals surface area contributed by atoms with E-state index < -0.39 is 5.82 Å². The third-order valence-electron chi connectivity index (χ3n) is 8.28. The van der Waals surface area contributed by atoms with Crippen LogP contribution in [-0.4, -0.2) is 21.8 Å². The molecule has 5 atom stereocenters. The summed E-state index contributed by atoms with van der Waals surface area (Å²) < 4.78 is 14.6. The zero-order chi connectivity index (χ0) is 22.6. The molecule has 0 radical (unpaired) electrons. The molecule has 170 valence electrons. The summed E-state index contributed by atoms with van der Waals surface area (Å²) in [6.45, 7) is 4.06. The van der Waals surface area contributed by atoms with Gasteiger partial charge in [0.05, 0.1) is 0 Å². The number of rotatable bonds is 4. The molecule has 1 aromatic heterocycles. The van der Waals surface area contributed by atoms with Gasteiger partial charge in [-0.05, 0) is 79.9 Å². The number of benzene rings is 1. The predicted molar refractivity (Wildman–Crippen MR) is 121 cm³/mol. The first-order valence-corrected chi connectivity index (χ1v) is 12.4. The number of carbonyl (C=O) groups excluding carboxylic acids is 2. The van der Waals surface area contributed by atoms with Gasteiger partial charge in [0.1, 0.15) is 5.78 Å². The van der Waals surface area contributed by atoms with Crippen molar-refractivity contribution in [3.05, 3.63) is 40.2 Å². The quantitative estimate of drug-likeness (QED) is 0.649. The molecule has 0 aliphatic heterocycles. The Hall–Kier alpha value is -2.28. The number of carbonyl (C=O) groups is 2. The van der Waals surface area contributed by atoms with Crippen molar-refractivity contribution < 1.29 is 19.1 Å². The standard InChI is InChI=1S/C25H29FN2O3S/c1-13-12-27-24(32-13)28-21(31)8-3-14-11-20(30)25(2)10-9-16-15-6-7-19(29)23(26)18(15)5-4-17(16)22(14)25/h6-7,12,14,16-17,22,29H,3-5,8-11H2,1-2H3,(H,27,28,31)/t14-,16?,17?,22?,25-/m1/s1. The van der Waals surface area contributed by atoms with Gasteiger partial charge < -0.3 is 10.4 Å². The average molecular weight is 457 g/mol. The number of thiazole rings is 1. The van der Waals surface area contributed by atoms with Gasteiger partial charge in [0, 0.05) is 29.3 Å². The third-order valence-corrected chi connectivity index (χ3v) is 9.11. The van der Waals surface area contributed by atoms with Crippen LogP contribution in [0.3, 0.4) is 0 Å². The number of nitrogens with one attached hydrogen (secondary N) is 1. The highest BCUT2D eigenvalue weighted by Crippen LogP contribution is 2.62. The van der Waals surface area contributed by atoms with E-state index in [1.807, 2.05) is 13.0 Å². The number of ketones is 1. The number of anilines is 1. The predicted octanol–water partition coefficient (Wildman–Crippen LogP) is 5.37. The lowest BCUT2D eigenvalue weighted by Gasteiger charge is -2.50. The Kier molecular flexibility index (Phi) is 5.35. The minimum Gasteiger partial charge on any atom is -0.505 e. The van der Waals surface area contributed by atoms with Crippen molar-refractivity contribution in [2.45, 2.75) is 64.7 Å². The summed E-state index contributed by atoms with van der Waals surface area (Å²) in [4.78, 5) is 30.9. The minimum absolute atomic E-state index is 0.0562. The molecule has 2 fully saturated rings. The number of Topliss-reactive ketones (excluding diaryl/α,β-unsaturated/α-hetero) is 1. The second-order valence-corrected chi connectivity index (χ2v) is 11.2. The van der Waals surface area contributed by atoms with Crippen LogP contribution in [0.5, 0.6) is 5.75 Å². The highest BCUT2D eigenvalue weighted by atomic mass is 32.1.